The van der Waals surface area contributed by atoms with Gasteiger partial charge in [-0.25, -0.2) is 4.68 Å². The molecule has 1 atom stereocenters. The Hall–Kier alpha value is -1.91. The van der Waals surface area contributed by atoms with Gasteiger partial charge in [-0.2, -0.15) is 5.10 Å². The standard InChI is InChI=1S/C14H18N4/c1-2-8-16-14(9-15)12-10-17-18(11-12)13-6-4-3-5-7-13/h2-7,10-11,14,16H,1,8-9,15H2. The maximum absolute atomic E-state index is 5.76. The van der Waals surface area contributed by atoms with E-state index in [0.717, 1.165) is 17.8 Å². The van der Waals surface area contributed by atoms with Crippen molar-refractivity contribution in [3.05, 3.63) is 60.9 Å². The zero-order valence-corrected chi connectivity index (χ0v) is 10.3. The van der Waals surface area contributed by atoms with Gasteiger partial charge in [0, 0.05) is 30.9 Å². The molecule has 1 aromatic heterocycles. The molecular weight excluding hydrogens is 224 g/mol. The van der Waals surface area contributed by atoms with Crippen LogP contribution in [-0.4, -0.2) is 22.9 Å². The summed E-state index contributed by atoms with van der Waals surface area (Å²) in [5.74, 6) is 0. The molecule has 0 bridgehead atoms. The van der Waals surface area contributed by atoms with Gasteiger partial charge < -0.3 is 11.1 Å². The Morgan fingerprint density at radius 3 is 2.83 bits per heavy atom. The second kappa shape index (κ2) is 6.14. The summed E-state index contributed by atoms with van der Waals surface area (Å²) in [6, 6.07) is 10.1. The minimum Gasteiger partial charge on any atom is -0.329 e. The summed E-state index contributed by atoms with van der Waals surface area (Å²) in [5.41, 5.74) is 7.89. The molecule has 4 heteroatoms. The van der Waals surface area contributed by atoms with Crippen LogP contribution in [0.1, 0.15) is 11.6 Å². The van der Waals surface area contributed by atoms with E-state index in [9.17, 15) is 0 Å². The third-order valence-corrected chi connectivity index (χ3v) is 2.77. The van der Waals surface area contributed by atoms with E-state index in [-0.39, 0.29) is 6.04 Å². The number of nitrogens with two attached hydrogens (primary N) is 1. The monoisotopic (exact) mass is 242 g/mol. The fourth-order valence-corrected chi connectivity index (χ4v) is 1.80. The van der Waals surface area contributed by atoms with Crippen molar-refractivity contribution < 1.29 is 0 Å². The maximum atomic E-state index is 5.76. The summed E-state index contributed by atoms with van der Waals surface area (Å²) in [6.07, 6.45) is 5.67. The molecule has 0 spiro atoms. The van der Waals surface area contributed by atoms with Gasteiger partial charge in [0.1, 0.15) is 0 Å². The lowest BCUT2D eigenvalue weighted by molar-refractivity contribution is 0.577. The fourth-order valence-electron chi connectivity index (χ4n) is 1.80. The van der Waals surface area contributed by atoms with E-state index in [1.807, 2.05) is 53.5 Å². The highest BCUT2D eigenvalue weighted by atomic mass is 15.3. The molecule has 0 saturated carbocycles. The smallest absolute Gasteiger partial charge is 0.0645 e. The minimum absolute atomic E-state index is 0.112. The number of hydrogen-bond acceptors (Lipinski definition) is 3. The van der Waals surface area contributed by atoms with Crippen LogP contribution in [0.15, 0.2) is 55.4 Å². The van der Waals surface area contributed by atoms with E-state index in [2.05, 4.69) is 17.0 Å². The van der Waals surface area contributed by atoms with Gasteiger partial charge in [-0.1, -0.05) is 24.3 Å². The number of rotatable bonds is 6. The van der Waals surface area contributed by atoms with Gasteiger partial charge in [0.15, 0.2) is 0 Å². The third kappa shape index (κ3) is 2.85. The molecule has 2 rings (SSSR count). The van der Waals surface area contributed by atoms with Crippen LogP contribution < -0.4 is 11.1 Å². The number of aromatic nitrogens is 2. The Morgan fingerprint density at radius 1 is 1.39 bits per heavy atom. The molecule has 0 saturated heterocycles. The molecule has 18 heavy (non-hydrogen) atoms. The van der Waals surface area contributed by atoms with E-state index in [4.69, 9.17) is 5.73 Å². The van der Waals surface area contributed by atoms with Crippen LogP contribution in [0.3, 0.4) is 0 Å². The molecule has 1 heterocycles. The normalized spacial score (nSPS) is 12.3. The number of nitrogens with zero attached hydrogens (tertiary/aromatic N) is 2. The summed E-state index contributed by atoms with van der Waals surface area (Å²) in [6.45, 7) is 4.96. The first-order chi connectivity index (χ1) is 8.85. The van der Waals surface area contributed by atoms with Crippen LogP contribution in [0.25, 0.3) is 5.69 Å². The van der Waals surface area contributed by atoms with Crippen LogP contribution in [0.5, 0.6) is 0 Å². The predicted octanol–water partition coefficient (Wildman–Crippen LogP) is 1.65. The summed E-state index contributed by atoms with van der Waals surface area (Å²) in [7, 11) is 0. The molecule has 0 aliphatic rings. The highest BCUT2D eigenvalue weighted by Crippen LogP contribution is 2.13. The molecule has 0 fully saturated rings. The number of benzene rings is 1. The van der Waals surface area contributed by atoms with Gasteiger partial charge in [-0.3, -0.25) is 0 Å². The Kier molecular flexibility index (Phi) is 4.28. The van der Waals surface area contributed by atoms with Gasteiger partial charge in [0.25, 0.3) is 0 Å². The Labute approximate surface area is 107 Å². The fraction of sp³-hybridized carbons (Fsp3) is 0.214. The van der Waals surface area contributed by atoms with Crippen molar-refractivity contribution in [2.24, 2.45) is 5.73 Å². The lowest BCUT2D eigenvalue weighted by Gasteiger charge is -2.13. The van der Waals surface area contributed by atoms with Crippen molar-refractivity contribution >= 4 is 0 Å². The SMILES string of the molecule is C=CCNC(CN)c1cnn(-c2ccccc2)c1. The lowest BCUT2D eigenvalue weighted by Crippen LogP contribution is -2.27. The van der Waals surface area contributed by atoms with E-state index >= 15 is 0 Å². The third-order valence-electron chi connectivity index (χ3n) is 2.77. The predicted molar refractivity (Wildman–Crippen MR) is 73.6 cm³/mol. The average Bonchev–Trinajstić information content (AvgIpc) is 2.90. The van der Waals surface area contributed by atoms with E-state index in [0.29, 0.717) is 6.54 Å². The zero-order valence-electron chi connectivity index (χ0n) is 10.3. The topological polar surface area (TPSA) is 55.9 Å². The highest BCUT2D eigenvalue weighted by molar-refractivity contribution is 5.31. The molecular formula is C14H18N4. The zero-order chi connectivity index (χ0) is 12.8. The Bertz CT molecular complexity index is 490. The van der Waals surface area contributed by atoms with Gasteiger partial charge in [-0.15, -0.1) is 6.58 Å². The molecule has 0 aliphatic heterocycles. The second-order valence-corrected chi connectivity index (χ2v) is 4.04. The Balaban J connectivity index is 2.16. The van der Waals surface area contributed by atoms with Gasteiger partial charge >= 0.3 is 0 Å². The van der Waals surface area contributed by atoms with Crippen LogP contribution in [0.2, 0.25) is 0 Å². The molecule has 4 nitrogen and oxygen atoms in total. The van der Waals surface area contributed by atoms with Crippen LogP contribution in [0, 0.1) is 0 Å². The molecule has 2 aromatic rings. The Morgan fingerprint density at radius 2 is 2.17 bits per heavy atom. The molecule has 94 valence electrons. The van der Waals surface area contributed by atoms with Crippen molar-refractivity contribution in [3.63, 3.8) is 0 Å². The second-order valence-electron chi connectivity index (χ2n) is 4.04. The summed E-state index contributed by atoms with van der Waals surface area (Å²) in [5, 5.41) is 7.66. The van der Waals surface area contributed by atoms with Crippen LogP contribution in [-0.2, 0) is 0 Å². The van der Waals surface area contributed by atoms with Crippen molar-refractivity contribution in [1.29, 1.82) is 0 Å². The van der Waals surface area contributed by atoms with E-state index < -0.39 is 0 Å². The van der Waals surface area contributed by atoms with Crippen molar-refractivity contribution in [3.8, 4) is 5.69 Å². The van der Waals surface area contributed by atoms with E-state index in [1.165, 1.54) is 0 Å². The number of nitrogens with one attached hydrogen (secondary N) is 1. The number of para-hydroxylation sites is 1. The molecule has 1 aromatic carbocycles. The molecule has 3 N–H and O–H groups in total. The summed E-state index contributed by atoms with van der Waals surface area (Å²) < 4.78 is 1.85. The van der Waals surface area contributed by atoms with Gasteiger partial charge in [0.2, 0.25) is 0 Å². The van der Waals surface area contributed by atoms with Gasteiger partial charge in [0.05, 0.1) is 11.9 Å². The molecule has 1 unspecified atom stereocenters. The highest BCUT2D eigenvalue weighted by Gasteiger charge is 2.10. The largest absolute Gasteiger partial charge is 0.329 e. The maximum Gasteiger partial charge on any atom is 0.0645 e. The molecule has 0 radical (unpaired) electrons. The average molecular weight is 242 g/mol. The minimum atomic E-state index is 0.112. The lowest BCUT2D eigenvalue weighted by atomic mass is 10.1. The van der Waals surface area contributed by atoms with E-state index in [1.54, 1.807) is 0 Å². The van der Waals surface area contributed by atoms with Crippen molar-refractivity contribution in [2.45, 2.75) is 6.04 Å². The van der Waals surface area contributed by atoms with Crippen LogP contribution in [0.4, 0.5) is 0 Å². The summed E-state index contributed by atoms with van der Waals surface area (Å²) >= 11 is 0. The van der Waals surface area contributed by atoms with Gasteiger partial charge in [-0.05, 0) is 12.1 Å². The quantitative estimate of drug-likeness (QED) is 0.757. The number of hydrogen-bond donors (Lipinski definition) is 2. The first kappa shape index (κ1) is 12.5. The summed E-state index contributed by atoms with van der Waals surface area (Å²) in [4.78, 5) is 0. The molecule has 0 amide bonds. The molecule has 0 aliphatic carbocycles. The van der Waals surface area contributed by atoms with Crippen molar-refractivity contribution in [1.82, 2.24) is 15.1 Å². The van der Waals surface area contributed by atoms with Crippen molar-refractivity contribution in [2.75, 3.05) is 13.1 Å². The first-order valence-electron chi connectivity index (χ1n) is 5.99. The van der Waals surface area contributed by atoms with Crippen LogP contribution >= 0.6 is 0 Å². The first-order valence-corrected chi connectivity index (χ1v) is 5.99.